The third kappa shape index (κ3) is 4.28. The smallest absolute Gasteiger partial charge is 0.321 e. The number of carbonyl (C=O) groups is 1. The Balaban J connectivity index is 2.05. The van der Waals surface area contributed by atoms with Gasteiger partial charge in [0, 0.05) is 11.5 Å². The molecule has 0 saturated carbocycles. The molecule has 0 aromatic rings. The van der Waals surface area contributed by atoms with Crippen LogP contribution in [-0.2, 0) is 14.3 Å². The van der Waals surface area contributed by atoms with E-state index in [0.717, 1.165) is 18.8 Å². The molecule has 6 heteroatoms. The second kappa shape index (κ2) is 6.23. The number of hydrogen-bond donors (Lipinski definition) is 2. The van der Waals surface area contributed by atoms with Gasteiger partial charge in [-0.3, -0.25) is 4.79 Å². The van der Waals surface area contributed by atoms with Crippen molar-refractivity contribution in [3.05, 3.63) is 0 Å². The molecule has 1 rings (SSSR count). The lowest BCUT2D eigenvalue weighted by Gasteiger charge is -2.22. The van der Waals surface area contributed by atoms with Crippen LogP contribution in [0.5, 0.6) is 0 Å². The summed E-state index contributed by atoms with van der Waals surface area (Å²) in [5.41, 5.74) is 5.35. The summed E-state index contributed by atoms with van der Waals surface area (Å²) in [7, 11) is 0. The number of hydrogen-bond acceptors (Lipinski definition) is 5. The number of nitrogens with two attached hydrogens (primary N) is 1. The third-order valence-electron chi connectivity index (χ3n) is 1.89. The molecule has 1 heterocycles. The van der Waals surface area contributed by atoms with Crippen molar-refractivity contribution >= 4 is 17.7 Å². The number of carboxylic acids is 1. The van der Waals surface area contributed by atoms with Gasteiger partial charge in [0.25, 0.3) is 0 Å². The molecule has 0 aliphatic carbocycles. The highest BCUT2D eigenvalue weighted by Crippen LogP contribution is 2.13. The second-order valence-corrected chi connectivity index (χ2v) is 4.16. The molecule has 82 valence electrons. The van der Waals surface area contributed by atoms with Gasteiger partial charge in [-0.25, -0.2) is 0 Å². The number of rotatable bonds is 5. The lowest BCUT2D eigenvalue weighted by molar-refractivity contribution is -0.138. The molecule has 1 unspecified atom stereocenters. The van der Waals surface area contributed by atoms with Gasteiger partial charge in [-0.15, -0.1) is 0 Å². The highest BCUT2D eigenvalue weighted by atomic mass is 32.2. The lowest BCUT2D eigenvalue weighted by atomic mass is 10.3. The van der Waals surface area contributed by atoms with Crippen LogP contribution in [-0.4, -0.2) is 48.1 Å². The average Bonchev–Trinajstić information content (AvgIpc) is 2.19. The fraction of sp³-hybridized carbons (Fsp3) is 0.875. The molecule has 5 nitrogen and oxygen atoms in total. The van der Waals surface area contributed by atoms with Crippen LogP contribution < -0.4 is 5.73 Å². The van der Waals surface area contributed by atoms with Crippen molar-refractivity contribution in [2.45, 2.75) is 18.6 Å². The molecule has 3 N–H and O–H groups in total. The second-order valence-electron chi connectivity index (χ2n) is 3.09. The molecule has 1 saturated heterocycles. The van der Waals surface area contributed by atoms with Gasteiger partial charge in [0.2, 0.25) is 0 Å². The van der Waals surface area contributed by atoms with Crippen LogP contribution in [0.1, 0.15) is 6.42 Å². The first-order chi connectivity index (χ1) is 6.70. The topological polar surface area (TPSA) is 81.8 Å². The number of ether oxygens (including phenoxy) is 2. The van der Waals surface area contributed by atoms with Crippen LogP contribution in [0.3, 0.4) is 0 Å². The summed E-state index contributed by atoms with van der Waals surface area (Å²) < 4.78 is 10.3. The van der Waals surface area contributed by atoms with Gasteiger partial charge in [-0.05, 0) is 6.42 Å². The largest absolute Gasteiger partial charge is 0.480 e. The van der Waals surface area contributed by atoms with Crippen molar-refractivity contribution in [2.24, 2.45) is 5.73 Å². The summed E-state index contributed by atoms with van der Waals surface area (Å²) in [5, 5.41) is 8.53. The van der Waals surface area contributed by atoms with Crippen LogP contribution in [0, 0.1) is 0 Å². The maximum absolute atomic E-state index is 10.4. The van der Waals surface area contributed by atoms with Crippen LogP contribution in [0.15, 0.2) is 0 Å². The summed E-state index contributed by atoms with van der Waals surface area (Å²) in [4.78, 5) is 10.4. The summed E-state index contributed by atoms with van der Waals surface area (Å²) in [6.45, 7) is 1.06. The maximum atomic E-state index is 10.4. The highest BCUT2D eigenvalue weighted by molar-refractivity contribution is 7.99. The Morgan fingerprint density at radius 2 is 2.50 bits per heavy atom. The van der Waals surface area contributed by atoms with Crippen molar-refractivity contribution < 1.29 is 19.4 Å². The Kier molecular flexibility index (Phi) is 5.24. The molecule has 1 fully saturated rings. The summed E-state index contributed by atoms with van der Waals surface area (Å²) in [6, 6.07) is -0.778. The van der Waals surface area contributed by atoms with Crippen molar-refractivity contribution in [3.8, 4) is 0 Å². The Labute approximate surface area is 86.9 Å². The van der Waals surface area contributed by atoms with Gasteiger partial charge < -0.3 is 20.3 Å². The van der Waals surface area contributed by atoms with E-state index in [2.05, 4.69) is 0 Å². The van der Waals surface area contributed by atoms with Gasteiger partial charge in [0.05, 0.1) is 12.7 Å². The molecular formula is C8H15NO4S. The molecule has 0 amide bonds. The van der Waals surface area contributed by atoms with Gasteiger partial charge in [0.1, 0.15) is 12.8 Å². The van der Waals surface area contributed by atoms with E-state index < -0.39 is 12.0 Å². The molecule has 1 aliphatic rings. The van der Waals surface area contributed by atoms with Gasteiger partial charge in [-0.1, -0.05) is 0 Å². The molecule has 1 aliphatic heterocycles. The van der Waals surface area contributed by atoms with E-state index >= 15 is 0 Å². The van der Waals surface area contributed by atoms with Crippen molar-refractivity contribution in [2.75, 3.05) is 24.9 Å². The number of aliphatic carboxylic acids is 1. The first kappa shape index (κ1) is 11.8. The Hall–Kier alpha value is -0.300. The van der Waals surface area contributed by atoms with E-state index in [9.17, 15) is 4.79 Å². The Morgan fingerprint density at radius 3 is 3.07 bits per heavy atom. The first-order valence-corrected chi connectivity index (χ1v) is 5.61. The normalized spacial score (nSPS) is 24.5. The van der Waals surface area contributed by atoms with E-state index in [0.29, 0.717) is 12.5 Å². The van der Waals surface area contributed by atoms with E-state index in [-0.39, 0.29) is 6.10 Å². The summed E-state index contributed by atoms with van der Waals surface area (Å²) >= 11 is 1.51. The standard InChI is InChI=1S/C8H15NO4S/c9-7(8(10)11)4-14-3-6-1-2-12-5-13-6/h6-7H,1-5,9H2,(H,10,11)/t6?,7-/m0/s1. The van der Waals surface area contributed by atoms with Crippen LogP contribution in [0.25, 0.3) is 0 Å². The van der Waals surface area contributed by atoms with E-state index in [1.807, 2.05) is 0 Å². The minimum Gasteiger partial charge on any atom is -0.480 e. The predicted molar refractivity (Wildman–Crippen MR) is 53.2 cm³/mol. The first-order valence-electron chi connectivity index (χ1n) is 4.45. The van der Waals surface area contributed by atoms with E-state index in [1.165, 1.54) is 11.8 Å². The number of carboxylic acid groups (broad SMARTS) is 1. The monoisotopic (exact) mass is 221 g/mol. The molecule has 0 radical (unpaired) electrons. The highest BCUT2D eigenvalue weighted by Gasteiger charge is 2.16. The van der Waals surface area contributed by atoms with E-state index in [1.54, 1.807) is 0 Å². The predicted octanol–water partition coefficient (Wildman–Crippen LogP) is -0.105. The minimum absolute atomic E-state index is 0.176. The molecule has 0 aromatic carbocycles. The molecule has 14 heavy (non-hydrogen) atoms. The molecule has 0 bridgehead atoms. The van der Waals surface area contributed by atoms with Crippen molar-refractivity contribution in [1.29, 1.82) is 0 Å². The fourth-order valence-electron chi connectivity index (χ4n) is 1.03. The SMILES string of the molecule is N[C@@H](CSCC1CCOCO1)C(=O)O. The van der Waals surface area contributed by atoms with Crippen LogP contribution in [0.2, 0.25) is 0 Å². The summed E-state index contributed by atoms with van der Waals surface area (Å²) in [5.74, 6) is 0.255. The molecule has 0 spiro atoms. The average molecular weight is 221 g/mol. The Morgan fingerprint density at radius 1 is 1.71 bits per heavy atom. The van der Waals surface area contributed by atoms with Gasteiger partial charge in [0.15, 0.2) is 0 Å². The van der Waals surface area contributed by atoms with Gasteiger partial charge in [-0.2, -0.15) is 11.8 Å². The fourth-order valence-corrected chi connectivity index (χ4v) is 2.09. The lowest BCUT2D eigenvalue weighted by Crippen LogP contribution is -2.33. The molecule has 2 atom stereocenters. The van der Waals surface area contributed by atoms with Crippen molar-refractivity contribution in [1.82, 2.24) is 0 Å². The zero-order chi connectivity index (χ0) is 10.4. The quantitative estimate of drug-likeness (QED) is 0.674. The zero-order valence-corrected chi connectivity index (χ0v) is 8.66. The third-order valence-corrected chi connectivity index (χ3v) is 3.09. The zero-order valence-electron chi connectivity index (χ0n) is 7.85. The van der Waals surface area contributed by atoms with Crippen molar-refractivity contribution in [3.63, 3.8) is 0 Å². The van der Waals surface area contributed by atoms with Gasteiger partial charge >= 0.3 is 5.97 Å². The molecule has 0 aromatic heterocycles. The molecular weight excluding hydrogens is 206 g/mol. The maximum Gasteiger partial charge on any atom is 0.321 e. The van der Waals surface area contributed by atoms with Crippen LogP contribution >= 0.6 is 11.8 Å². The summed E-state index contributed by atoms with van der Waals surface area (Å²) in [6.07, 6.45) is 1.05. The van der Waals surface area contributed by atoms with Crippen LogP contribution in [0.4, 0.5) is 0 Å². The minimum atomic E-state index is -0.953. The van der Waals surface area contributed by atoms with E-state index in [4.69, 9.17) is 20.3 Å². The number of thioether (sulfide) groups is 1. The Bertz CT molecular complexity index is 184.